The third-order valence-corrected chi connectivity index (χ3v) is 5.61. The number of fused-ring (bicyclic) bond motifs is 1. The van der Waals surface area contributed by atoms with Gasteiger partial charge in [0.1, 0.15) is 0 Å². The number of nitrogens with zero attached hydrogens (tertiary/aromatic N) is 2. The Balaban J connectivity index is 1.22. The molecule has 3 rings (SSSR count). The average molecular weight is 389 g/mol. The molecule has 2 aliphatic rings. The van der Waals surface area contributed by atoms with Gasteiger partial charge in [-0.2, -0.15) is 0 Å². The van der Waals surface area contributed by atoms with Gasteiger partial charge in [-0.1, -0.05) is 24.3 Å². The molecule has 0 saturated carbocycles. The maximum Gasteiger partial charge on any atom is 0.191 e. The lowest BCUT2D eigenvalue weighted by Gasteiger charge is -2.28. The van der Waals surface area contributed by atoms with E-state index in [1.165, 1.54) is 11.1 Å². The molecule has 2 aliphatic heterocycles. The molecule has 6 heteroatoms. The third kappa shape index (κ3) is 7.08. The van der Waals surface area contributed by atoms with Crippen LogP contribution in [-0.2, 0) is 22.4 Å². The predicted molar refractivity (Wildman–Crippen MR) is 114 cm³/mol. The van der Waals surface area contributed by atoms with E-state index in [1.807, 2.05) is 7.05 Å². The summed E-state index contributed by atoms with van der Waals surface area (Å²) < 4.78 is 11.2. The van der Waals surface area contributed by atoms with Crippen LogP contribution in [0.4, 0.5) is 0 Å². The van der Waals surface area contributed by atoms with E-state index in [1.54, 1.807) is 0 Å². The van der Waals surface area contributed by atoms with E-state index < -0.39 is 0 Å². The first-order chi connectivity index (χ1) is 13.8. The van der Waals surface area contributed by atoms with Crippen LogP contribution in [0.15, 0.2) is 29.3 Å². The van der Waals surface area contributed by atoms with Crippen LogP contribution in [0.1, 0.15) is 30.4 Å². The summed E-state index contributed by atoms with van der Waals surface area (Å²) in [6.07, 6.45) is 4.42. The van der Waals surface area contributed by atoms with Crippen molar-refractivity contribution in [2.24, 2.45) is 10.9 Å². The molecule has 1 aromatic rings. The van der Waals surface area contributed by atoms with Crippen LogP contribution in [-0.4, -0.2) is 70.5 Å². The first-order valence-electron chi connectivity index (χ1n) is 10.7. The number of aliphatic imine (C=N–C) groups is 1. The minimum atomic E-state index is 0.679. The Labute approximate surface area is 169 Å². The van der Waals surface area contributed by atoms with Gasteiger partial charge in [0.05, 0.1) is 0 Å². The summed E-state index contributed by atoms with van der Waals surface area (Å²) in [4.78, 5) is 6.83. The van der Waals surface area contributed by atoms with E-state index in [-0.39, 0.29) is 0 Å². The molecule has 0 spiro atoms. The van der Waals surface area contributed by atoms with Crippen LogP contribution < -0.4 is 10.6 Å². The molecule has 0 aliphatic carbocycles. The zero-order valence-corrected chi connectivity index (χ0v) is 17.3. The maximum atomic E-state index is 5.82. The van der Waals surface area contributed by atoms with Crippen LogP contribution in [0.5, 0.6) is 0 Å². The molecule has 28 heavy (non-hydrogen) atoms. The topological polar surface area (TPSA) is 58.1 Å². The summed E-state index contributed by atoms with van der Waals surface area (Å²) in [7, 11) is 1.83. The third-order valence-electron chi connectivity index (χ3n) is 5.61. The smallest absolute Gasteiger partial charge is 0.191 e. The van der Waals surface area contributed by atoms with Crippen molar-refractivity contribution >= 4 is 5.96 Å². The van der Waals surface area contributed by atoms with E-state index in [4.69, 9.17) is 9.47 Å². The normalized spacial score (nSPS) is 18.7. The number of nitrogens with one attached hydrogen (secondary N) is 2. The van der Waals surface area contributed by atoms with Crippen LogP contribution in [0.3, 0.4) is 0 Å². The highest BCUT2D eigenvalue weighted by Crippen LogP contribution is 2.17. The summed E-state index contributed by atoms with van der Waals surface area (Å²) in [6, 6.07) is 8.78. The zero-order chi connectivity index (χ0) is 19.4. The van der Waals surface area contributed by atoms with E-state index in [2.05, 4.69) is 44.8 Å². The molecule has 0 unspecified atom stereocenters. The lowest BCUT2D eigenvalue weighted by molar-refractivity contribution is 0.0203. The van der Waals surface area contributed by atoms with Crippen molar-refractivity contribution in [3.8, 4) is 0 Å². The fraction of sp³-hybridized carbons (Fsp3) is 0.682. The Morgan fingerprint density at radius 3 is 2.79 bits per heavy atom. The highest BCUT2D eigenvalue weighted by Gasteiger charge is 2.15. The molecule has 0 amide bonds. The molecule has 0 atom stereocenters. The van der Waals surface area contributed by atoms with E-state index in [9.17, 15) is 0 Å². The average Bonchev–Trinajstić information content (AvgIpc) is 2.75. The minimum absolute atomic E-state index is 0.679. The summed E-state index contributed by atoms with van der Waals surface area (Å²) in [5.41, 5.74) is 2.97. The molecule has 0 radical (unpaired) electrons. The molecule has 1 fully saturated rings. The minimum Gasteiger partial charge on any atom is -0.381 e. The molecule has 2 heterocycles. The largest absolute Gasteiger partial charge is 0.381 e. The fourth-order valence-corrected chi connectivity index (χ4v) is 3.84. The Bertz CT molecular complexity index is 602. The molecule has 0 aromatic heterocycles. The van der Waals surface area contributed by atoms with Gasteiger partial charge >= 0.3 is 0 Å². The van der Waals surface area contributed by atoms with E-state index in [0.29, 0.717) is 5.92 Å². The number of ether oxygens (including phenoxy) is 2. The van der Waals surface area contributed by atoms with Gasteiger partial charge in [-0.25, -0.2) is 0 Å². The molecule has 1 saturated heterocycles. The Morgan fingerprint density at radius 1 is 1.18 bits per heavy atom. The number of hydrogen-bond donors (Lipinski definition) is 2. The van der Waals surface area contributed by atoms with Crippen LogP contribution in [0, 0.1) is 5.92 Å². The highest BCUT2D eigenvalue weighted by molar-refractivity contribution is 5.79. The lowest BCUT2D eigenvalue weighted by Crippen LogP contribution is -2.43. The van der Waals surface area contributed by atoms with Crippen LogP contribution in [0.2, 0.25) is 0 Å². The number of benzene rings is 1. The van der Waals surface area contributed by atoms with Crippen molar-refractivity contribution < 1.29 is 9.47 Å². The van der Waals surface area contributed by atoms with Gasteiger partial charge in [0, 0.05) is 66.2 Å². The van der Waals surface area contributed by atoms with E-state index in [0.717, 1.165) is 90.8 Å². The van der Waals surface area contributed by atoms with Gasteiger partial charge in [-0.05, 0) is 42.7 Å². The van der Waals surface area contributed by atoms with Gasteiger partial charge in [-0.3, -0.25) is 9.89 Å². The summed E-state index contributed by atoms with van der Waals surface area (Å²) in [5.74, 6) is 1.56. The van der Waals surface area contributed by atoms with Crippen molar-refractivity contribution in [1.82, 2.24) is 15.5 Å². The van der Waals surface area contributed by atoms with Crippen LogP contribution >= 0.6 is 0 Å². The number of hydrogen-bond acceptors (Lipinski definition) is 4. The second kappa shape index (κ2) is 12.0. The van der Waals surface area contributed by atoms with Gasteiger partial charge in [-0.15, -0.1) is 0 Å². The Morgan fingerprint density at radius 2 is 1.96 bits per heavy atom. The highest BCUT2D eigenvalue weighted by atomic mass is 16.5. The fourth-order valence-electron chi connectivity index (χ4n) is 3.84. The Kier molecular flexibility index (Phi) is 9.07. The standard InChI is InChI=1S/C22H36N4O2/c1-23-22(24-10-4-14-28-18-19-8-15-27-16-9-19)25-11-13-26-12-7-20-5-2-3-6-21(20)17-26/h2-3,5-6,19H,4,7-18H2,1H3,(H2,23,24,25). The van der Waals surface area contributed by atoms with Crippen molar-refractivity contribution in [2.75, 3.05) is 59.7 Å². The van der Waals surface area contributed by atoms with Crippen molar-refractivity contribution in [3.63, 3.8) is 0 Å². The molecule has 156 valence electrons. The lowest BCUT2D eigenvalue weighted by atomic mass is 10.00. The molecule has 1 aromatic carbocycles. The predicted octanol–water partition coefficient (Wildman–Crippen LogP) is 2.04. The molecule has 6 nitrogen and oxygen atoms in total. The number of rotatable bonds is 9. The van der Waals surface area contributed by atoms with Gasteiger partial charge < -0.3 is 20.1 Å². The number of guanidine groups is 1. The molecular weight excluding hydrogens is 352 g/mol. The second-order valence-corrected chi connectivity index (χ2v) is 7.70. The Hall–Kier alpha value is -1.63. The zero-order valence-electron chi connectivity index (χ0n) is 17.3. The maximum absolute atomic E-state index is 5.82. The van der Waals surface area contributed by atoms with Gasteiger partial charge in [0.25, 0.3) is 0 Å². The summed E-state index contributed by atoms with van der Waals surface area (Å²) >= 11 is 0. The molecular formula is C22H36N4O2. The molecule has 2 N–H and O–H groups in total. The summed E-state index contributed by atoms with van der Waals surface area (Å²) in [5, 5.41) is 6.81. The second-order valence-electron chi connectivity index (χ2n) is 7.70. The first kappa shape index (κ1) is 21.1. The quantitative estimate of drug-likeness (QED) is 0.385. The van der Waals surface area contributed by atoms with Crippen LogP contribution in [0.25, 0.3) is 0 Å². The van der Waals surface area contributed by atoms with Crippen molar-refractivity contribution in [1.29, 1.82) is 0 Å². The first-order valence-corrected chi connectivity index (χ1v) is 10.7. The monoisotopic (exact) mass is 388 g/mol. The molecule has 0 bridgehead atoms. The van der Waals surface area contributed by atoms with E-state index >= 15 is 0 Å². The van der Waals surface area contributed by atoms with Crippen molar-refractivity contribution in [3.05, 3.63) is 35.4 Å². The van der Waals surface area contributed by atoms with Crippen molar-refractivity contribution in [2.45, 2.75) is 32.2 Å². The SMILES string of the molecule is CN=C(NCCCOCC1CCOCC1)NCCN1CCc2ccccc2C1. The van der Waals surface area contributed by atoms with Gasteiger partial charge in [0.15, 0.2) is 5.96 Å². The van der Waals surface area contributed by atoms with Gasteiger partial charge in [0.2, 0.25) is 0 Å². The summed E-state index contributed by atoms with van der Waals surface area (Å²) in [6.45, 7) is 8.45.